The third-order valence-electron chi connectivity index (χ3n) is 3.32. The first-order chi connectivity index (χ1) is 10.7. The highest BCUT2D eigenvalue weighted by molar-refractivity contribution is 7.89. The Morgan fingerprint density at radius 1 is 1.30 bits per heavy atom. The van der Waals surface area contributed by atoms with E-state index < -0.39 is 14.8 Å². The van der Waals surface area contributed by atoms with Crippen molar-refractivity contribution in [3.8, 4) is 0 Å². The summed E-state index contributed by atoms with van der Waals surface area (Å²) >= 11 is 0. The maximum absolute atomic E-state index is 12.3. The van der Waals surface area contributed by atoms with Crippen LogP contribution in [-0.2, 0) is 21.3 Å². The number of nitro groups is 1. The second-order valence-electron chi connectivity index (χ2n) is 5.55. The lowest BCUT2D eigenvalue weighted by molar-refractivity contribution is -0.385. The Balaban J connectivity index is 2.21. The van der Waals surface area contributed by atoms with Crippen molar-refractivity contribution < 1.29 is 17.9 Å². The molecule has 0 unspecified atom stereocenters. The highest BCUT2D eigenvalue weighted by Gasteiger charge is 2.22. The number of nitrogens with zero attached hydrogens (tertiary/aromatic N) is 3. The van der Waals surface area contributed by atoms with Crippen LogP contribution in [0.25, 0.3) is 0 Å². The summed E-state index contributed by atoms with van der Waals surface area (Å²) < 4.78 is 29.6. The van der Waals surface area contributed by atoms with Gasteiger partial charge in [-0.1, -0.05) is 31.1 Å². The summed E-state index contributed by atoms with van der Waals surface area (Å²) in [6.07, 6.45) is 0. The summed E-state index contributed by atoms with van der Waals surface area (Å²) in [6.45, 7) is 5.25. The first-order valence-corrected chi connectivity index (χ1v) is 8.77. The van der Waals surface area contributed by atoms with E-state index in [4.69, 9.17) is 4.52 Å². The summed E-state index contributed by atoms with van der Waals surface area (Å²) in [7, 11) is -3.57. The van der Waals surface area contributed by atoms with Crippen molar-refractivity contribution in [3.63, 3.8) is 0 Å². The van der Waals surface area contributed by atoms with Crippen LogP contribution in [0.5, 0.6) is 0 Å². The monoisotopic (exact) mass is 339 g/mol. The molecule has 0 spiro atoms. The molecule has 1 heterocycles. The Morgan fingerprint density at radius 3 is 2.57 bits per heavy atom. The van der Waals surface area contributed by atoms with Crippen molar-refractivity contribution in [1.29, 1.82) is 0 Å². The van der Waals surface area contributed by atoms with Crippen molar-refractivity contribution in [3.05, 3.63) is 51.2 Å². The van der Waals surface area contributed by atoms with E-state index in [9.17, 15) is 18.5 Å². The maximum atomic E-state index is 12.3. The molecular weight excluding hydrogens is 322 g/mol. The highest BCUT2D eigenvalue weighted by Crippen LogP contribution is 2.23. The minimum Gasteiger partial charge on any atom is -0.339 e. The van der Waals surface area contributed by atoms with Gasteiger partial charge in [0.25, 0.3) is 5.69 Å². The Kier molecular flexibility index (Phi) is 4.79. The first-order valence-electron chi connectivity index (χ1n) is 6.95. The molecular formula is C14H17N3O5S. The van der Waals surface area contributed by atoms with Crippen molar-refractivity contribution >= 4 is 15.5 Å². The number of nitro benzene ring substituents is 1. The highest BCUT2D eigenvalue weighted by atomic mass is 32.2. The van der Waals surface area contributed by atoms with Gasteiger partial charge in [-0.15, -0.1) is 0 Å². The van der Waals surface area contributed by atoms with Crippen LogP contribution in [0.2, 0.25) is 0 Å². The lowest BCUT2D eigenvalue weighted by atomic mass is 10.1. The molecule has 0 N–H and O–H groups in total. The van der Waals surface area contributed by atoms with Crippen molar-refractivity contribution in [1.82, 2.24) is 10.1 Å². The van der Waals surface area contributed by atoms with Gasteiger partial charge in [0.15, 0.2) is 15.7 Å². The van der Waals surface area contributed by atoms with Crippen LogP contribution in [0, 0.1) is 17.0 Å². The van der Waals surface area contributed by atoms with Gasteiger partial charge in [-0.05, 0) is 12.5 Å². The van der Waals surface area contributed by atoms with Crippen LogP contribution in [0.15, 0.2) is 22.7 Å². The molecule has 1 aromatic heterocycles. The molecule has 9 heteroatoms. The van der Waals surface area contributed by atoms with Gasteiger partial charge in [0.1, 0.15) is 5.75 Å². The lowest BCUT2D eigenvalue weighted by Gasteiger charge is -2.06. The molecule has 0 aliphatic heterocycles. The minimum absolute atomic E-state index is 0.0120. The van der Waals surface area contributed by atoms with Gasteiger partial charge >= 0.3 is 0 Å². The average Bonchev–Trinajstić information content (AvgIpc) is 2.88. The van der Waals surface area contributed by atoms with E-state index in [0.29, 0.717) is 17.0 Å². The fourth-order valence-corrected chi connectivity index (χ4v) is 3.47. The molecule has 2 aromatic rings. The molecule has 0 radical (unpaired) electrons. The quantitative estimate of drug-likeness (QED) is 0.586. The predicted octanol–water partition coefficient (Wildman–Crippen LogP) is 2.52. The third-order valence-corrected chi connectivity index (χ3v) is 4.77. The molecule has 0 saturated heterocycles. The molecule has 1 aromatic carbocycles. The van der Waals surface area contributed by atoms with E-state index in [0.717, 1.165) is 0 Å². The van der Waals surface area contributed by atoms with Crippen LogP contribution >= 0.6 is 0 Å². The molecule has 2 rings (SSSR count). The SMILES string of the molecule is Cc1c(CS(=O)(=O)Cc2noc(C(C)C)n2)cccc1[N+](=O)[O-]. The van der Waals surface area contributed by atoms with E-state index in [-0.39, 0.29) is 28.9 Å². The number of sulfone groups is 1. The van der Waals surface area contributed by atoms with Crippen LogP contribution in [0.3, 0.4) is 0 Å². The van der Waals surface area contributed by atoms with Gasteiger partial charge in [-0.3, -0.25) is 10.1 Å². The fourth-order valence-electron chi connectivity index (χ4n) is 2.07. The number of benzene rings is 1. The maximum Gasteiger partial charge on any atom is 0.272 e. The molecule has 23 heavy (non-hydrogen) atoms. The largest absolute Gasteiger partial charge is 0.339 e. The second-order valence-corrected chi connectivity index (χ2v) is 7.62. The Morgan fingerprint density at radius 2 is 2.00 bits per heavy atom. The Bertz CT molecular complexity index is 827. The number of hydrogen-bond acceptors (Lipinski definition) is 7. The van der Waals surface area contributed by atoms with Crippen LogP contribution < -0.4 is 0 Å². The van der Waals surface area contributed by atoms with E-state index in [1.165, 1.54) is 19.1 Å². The molecule has 8 nitrogen and oxygen atoms in total. The number of aromatic nitrogens is 2. The summed E-state index contributed by atoms with van der Waals surface area (Å²) in [5.74, 6) is -0.200. The van der Waals surface area contributed by atoms with Gasteiger partial charge in [-0.2, -0.15) is 4.98 Å². The smallest absolute Gasteiger partial charge is 0.272 e. The molecule has 124 valence electrons. The molecule has 0 amide bonds. The van der Waals surface area contributed by atoms with E-state index in [2.05, 4.69) is 10.1 Å². The van der Waals surface area contributed by atoms with E-state index >= 15 is 0 Å². The topological polar surface area (TPSA) is 116 Å². The van der Waals surface area contributed by atoms with Crippen molar-refractivity contribution in [2.45, 2.75) is 38.2 Å². The van der Waals surface area contributed by atoms with Crippen LogP contribution in [-0.4, -0.2) is 23.5 Å². The normalized spacial score (nSPS) is 11.8. The average molecular weight is 339 g/mol. The molecule has 0 aliphatic rings. The number of rotatable bonds is 6. The fraction of sp³-hybridized carbons (Fsp3) is 0.429. The minimum atomic E-state index is -3.57. The summed E-state index contributed by atoms with van der Waals surface area (Å²) in [4.78, 5) is 14.4. The molecule has 0 fully saturated rings. The second kappa shape index (κ2) is 6.45. The van der Waals surface area contributed by atoms with Crippen LogP contribution in [0.4, 0.5) is 5.69 Å². The van der Waals surface area contributed by atoms with E-state index in [1.54, 1.807) is 6.07 Å². The van der Waals surface area contributed by atoms with Gasteiger partial charge in [-0.25, -0.2) is 8.42 Å². The molecule has 0 atom stereocenters. The summed E-state index contributed by atoms with van der Waals surface area (Å²) in [5, 5.41) is 14.6. The third kappa shape index (κ3) is 4.13. The zero-order chi connectivity index (χ0) is 17.2. The summed E-state index contributed by atoms with van der Waals surface area (Å²) in [6, 6.07) is 4.39. The zero-order valence-electron chi connectivity index (χ0n) is 13.0. The Hall–Kier alpha value is -2.29. The Labute approximate surface area is 133 Å². The first kappa shape index (κ1) is 17.1. The summed E-state index contributed by atoms with van der Waals surface area (Å²) in [5.41, 5.74) is 0.642. The predicted molar refractivity (Wildman–Crippen MR) is 82.5 cm³/mol. The van der Waals surface area contributed by atoms with Crippen molar-refractivity contribution in [2.24, 2.45) is 0 Å². The van der Waals surface area contributed by atoms with Gasteiger partial charge in [0.2, 0.25) is 5.89 Å². The molecule has 0 aliphatic carbocycles. The molecule has 0 bridgehead atoms. The van der Waals surface area contributed by atoms with Crippen LogP contribution in [0.1, 0.15) is 42.6 Å². The standard InChI is InChI=1S/C14H17N3O5S/c1-9(2)14-15-13(16-22-14)8-23(20,21)7-11-5-4-6-12(10(11)3)17(18)19/h4-6,9H,7-8H2,1-3H3. The van der Waals surface area contributed by atoms with Gasteiger partial charge in [0, 0.05) is 17.5 Å². The molecule has 0 saturated carbocycles. The zero-order valence-corrected chi connectivity index (χ0v) is 13.8. The lowest BCUT2D eigenvalue weighted by Crippen LogP contribution is -2.10. The van der Waals surface area contributed by atoms with Crippen molar-refractivity contribution in [2.75, 3.05) is 0 Å². The number of hydrogen-bond donors (Lipinski definition) is 0. The van der Waals surface area contributed by atoms with Gasteiger partial charge < -0.3 is 4.52 Å². The van der Waals surface area contributed by atoms with Gasteiger partial charge in [0.05, 0.1) is 10.7 Å². The van der Waals surface area contributed by atoms with E-state index in [1.807, 2.05) is 13.8 Å².